The van der Waals surface area contributed by atoms with Crippen molar-refractivity contribution >= 4 is 11.6 Å². The van der Waals surface area contributed by atoms with Gasteiger partial charge in [-0.05, 0) is 30.7 Å². The largest absolute Gasteiger partial charge is 0.310 e. The second-order valence-corrected chi connectivity index (χ2v) is 5.30. The summed E-state index contributed by atoms with van der Waals surface area (Å²) in [4.78, 5) is 0. The van der Waals surface area contributed by atoms with Crippen LogP contribution in [0, 0.1) is 0 Å². The standard InChI is InChI=1S/C16H26ClN/c1-3-5-6-7-8-9-16(18-4-2)14-10-12-15(17)13-11-14/h10-13,16,18H,3-9H2,1-2H3. The number of rotatable bonds is 9. The minimum atomic E-state index is 0.480. The Labute approximate surface area is 117 Å². The molecule has 1 rings (SSSR count). The second-order valence-electron chi connectivity index (χ2n) is 4.86. The zero-order valence-electron chi connectivity index (χ0n) is 11.7. The summed E-state index contributed by atoms with van der Waals surface area (Å²) < 4.78 is 0. The first-order chi connectivity index (χ1) is 8.77. The molecule has 102 valence electrons. The fraction of sp³-hybridized carbons (Fsp3) is 0.625. The summed E-state index contributed by atoms with van der Waals surface area (Å²) in [5.74, 6) is 0. The van der Waals surface area contributed by atoms with E-state index in [0.29, 0.717) is 6.04 Å². The van der Waals surface area contributed by atoms with E-state index in [4.69, 9.17) is 11.6 Å². The fourth-order valence-corrected chi connectivity index (χ4v) is 2.41. The molecule has 0 bridgehead atoms. The van der Waals surface area contributed by atoms with Gasteiger partial charge in [-0.1, -0.05) is 69.7 Å². The van der Waals surface area contributed by atoms with E-state index in [2.05, 4.69) is 31.3 Å². The number of halogens is 1. The van der Waals surface area contributed by atoms with E-state index >= 15 is 0 Å². The third kappa shape index (κ3) is 5.88. The third-order valence-electron chi connectivity index (χ3n) is 3.32. The van der Waals surface area contributed by atoms with Crippen LogP contribution in [0.4, 0.5) is 0 Å². The Hall–Kier alpha value is -0.530. The smallest absolute Gasteiger partial charge is 0.0406 e. The lowest BCUT2D eigenvalue weighted by molar-refractivity contribution is 0.479. The second kappa shape index (κ2) is 9.41. The van der Waals surface area contributed by atoms with Crippen LogP contribution < -0.4 is 5.32 Å². The SMILES string of the molecule is CCCCCCCC(NCC)c1ccc(Cl)cc1. The minimum Gasteiger partial charge on any atom is -0.310 e. The minimum absolute atomic E-state index is 0.480. The van der Waals surface area contributed by atoms with Gasteiger partial charge in [0.25, 0.3) is 0 Å². The fourth-order valence-electron chi connectivity index (χ4n) is 2.28. The quantitative estimate of drug-likeness (QED) is 0.595. The summed E-state index contributed by atoms with van der Waals surface area (Å²) in [5, 5.41) is 4.38. The lowest BCUT2D eigenvalue weighted by atomic mass is 10.00. The molecule has 0 spiro atoms. The van der Waals surface area contributed by atoms with Gasteiger partial charge in [0.1, 0.15) is 0 Å². The van der Waals surface area contributed by atoms with Crippen LogP contribution in [0.5, 0.6) is 0 Å². The molecule has 0 saturated carbocycles. The molecule has 0 amide bonds. The summed E-state index contributed by atoms with van der Waals surface area (Å²) in [6, 6.07) is 8.73. The number of hydrogen-bond donors (Lipinski definition) is 1. The van der Waals surface area contributed by atoms with Crippen LogP contribution in [0.3, 0.4) is 0 Å². The van der Waals surface area contributed by atoms with Gasteiger partial charge in [-0.25, -0.2) is 0 Å². The van der Waals surface area contributed by atoms with Gasteiger partial charge in [0.05, 0.1) is 0 Å². The molecule has 0 aliphatic carbocycles. The van der Waals surface area contributed by atoms with Crippen LogP contribution >= 0.6 is 11.6 Å². The molecule has 1 atom stereocenters. The Morgan fingerprint density at radius 1 is 1.00 bits per heavy atom. The lowest BCUT2D eigenvalue weighted by Gasteiger charge is -2.18. The summed E-state index contributed by atoms with van der Waals surface area (Å²) in [6.45, 7) is 5.44. The summed E-state index contributed by atoms with van der Waals surface area (Å²) in [5.41, 5.74) is 1.36. The van der Waals surface area contributed by atoms with E-state index in [0.717, 1.165) is 11.6 Å². The molecule has 0 fully saturated rings. The van der Waals surface area contributed by atoms with Crippen molar-refractivity contribution in [3.8, 4) is 0 Å². The maximum absolute atomic E-state index is 5.93. The first kappa shape index (κ1) is 15.5. The zero-order chi connectivity index (χ0) is 13.2. The maximum atomic E-state index is 5.93. The normalized spacial score (nSPS) is 12.6. The first-order valence-corrected chi connectivity index (χ1v) is 7.64. The highest BCUT2D eigenvalue weighted by Crippen LogP contribution is 2.22. The van der Waals surface area contributed by atoms with E-state index in [-0.39, 0.29) is 0 Å². The first-order valence-electron chi connectivity index (χ1n) is 7.26. The molecular weight excluding hydrogens is 242 g/mol. The van der Waals surface area contributed by atoms with E-state index in [1.807, 2.05) is 12.1 Å². The number of unbranched alkanes of at least 4 members (excludes halogenated alkanes) is 4. The highest BCUT2D eigenvalue weighted by molar-refractivity contribution is 6.30. The molecule has 18 heavy (non-hydrogen) atoms. The van der Waals surface area contributed by atoms with Crippen LogP contribution in [0.15, 0.2) is 24.3 Å². The Morgan fingerprint density at radius 3 is 2.28 bits per heavy atom. The number of nitrogens with one attached hydrogen (secondary N) is 1. The van der Waals surface area contributed by atoms with Gasteiger partial charge < -0.3 is 5.32 Å². The molecule has 1 unspecified atom stereocenters. The van der Waals surface area contributed by atoms with Crippen LogP contribution in [-0.4, -0.2) is 6.54 Å². The van der Waals surface area contributed by atoms with Gasteiger partial charge in [-0.2, -0.15) is 0 Å². The van der Waals surface area contributed by atoms with E-state index in [1.54, 1.807) is 0 Å². The Kier molecular flexibility index (Phi) is 8.11. The van der Waals surface area contributed by atoms with Crippen LogP contribution in [0.2, 0.25) is 5.02 Å². The molecular formula is C16H26ClN. The van der Waals surface area contributed by atoms with E-state index in [1.165, 1.54) is 44.1 Å². The summed E-state index contributed by atoms with van der Waals surface area (Å²) >= 11 is 5.93. The molecule has 1 nitrogen and oxygen atoms in total. The molecule has 1 N–H and O–H groups in total. The van der Waals surface area contributed by atoms with Crippen LogP contribution in [0.25, 0.3) is 0 Å². The Bertz CT molecular complexity index is 307. The van der Waals surface area contributed by atoms with Gasteiger partial charge >= 0.3 is 0 Å². The number of benzene rings is 1. The van der Waals surface area contributed by atoms with Gasteiger partial charge in [-0.3, -0.25) is 0 Å². The molecule has 0 aliphatic heterocycles. The zero-order valence-corrected chi connectivity index (χ0v) is 12.5. The Balaban J connectivity index is 2.41. The Morgan fingerprint density at radius 2 is 1.67 bits per heavy atom. The highest BCUT2D eigenvalue weighted by atomic mass is 35.5. The van der Waals surface area contributed by atoms with Crippen molar-refractivity contribution in [1.29, 1.82) is 0 Å². The van der Waals surface area contributed by atoms with Crippen molar-refractivity contribution in [3.63, 3.8) is 0 Å². The van der Waals surface area contributed by atoms with Gasteiger partial charge in [0.2, 0.25) is 0 Å². The van der Waals surface area contributed by atoms with E-state index in [9.17, 15) is 0 Å². The van der Waals surface area contributed by atoms with E-state index < -0.39 is 0 Å². The topological polar surface area (TPSA) is 12.0 Å². The highest BCUT2D eigenvalue weighted by Gasteiger charge is 2.09. The van der Waals surface area contributed by atoms with Crippen molar-refractivity contribution in [2.24, 2.45) is 0 Å². The molecule has 0 aliphatic rings. The van der Waals surface area contributed by atoms with Crippen molar-refractivity contribution in [3.05, 3.63) is 34.9 Å². The molecule has 0 saturated heterocycles. The molecule has 0 aromatic heterocycles. The number of hydrogen-bond acceptors (Lipinski definition) is 1. The van der Waals surface area contributed by atoms with Crippen molar-refractivity contribution in [2.45, 2.75) is 58.4 Å². The lowest BCUT2D eigenvalue weighted by Crippen LogP contribution is -2.20. The predicted molar refractivity (Wildman–Crippen MR) is 81.2 cm³/mol. The van der Waals surface area contributed by atoms with Gasteiger partial charge in [-0.15, -0.1) is 0 Å². The predicted octanol–water partition coefficient (Wildman–Crippen LogP) is 5.35. The van der Waals surface area contributed by atoms with Gasteiger partial charge in [0.15, 0.2) is 0 Å². The summed E-state index contributed by atoms with van der Waals surface area (Å²) in [7, 11) is 0. The van der Waals surface area contributed by atoms with Crippen molar-refractivity contribution in [2.75, 3.05) is 6.54 Å². The maximum Gasteiger partial charge on any atom is 0.0406 e. The third-order valence-corrected chi connectivity index (χ3v) is 3.57. The van der Waals surface area contributed by atoms with Crippen LogP contribution in [0.1, 0.15) is 64.0 Å². The summed E-state index contributed by atoms with van der Waals surface area (Å²) in [6.07, 6.45) is 7.93. The molecule has 1 aromatic carbocycles. The van der Waals surface area contributed by atoms with Crippen LogP contribution in [-0.2, 0) is 0 Å². The molecule has 0 radical (unpaired) electrons. The average Bonchev–Trinajstić information content (AvgIpc) is 2.38. The monoisotopic (exact) mass is 267 g/mol. The molecule has 1 aromatic rings. The van der Waals surface area contributed by atoms with Crippen molar-refractivity contribution < 1.29 is 0 Å². The molecule has 0 heterocycles. The van der Waals surface area contributed by atoms with Crippen molar-refractivity contribution in [1.82, 2.24) is 5.32 Å². The molecule has 2 heteroatoms. The van der Waals surface area contributed by atoms with Gasteiger partial charge in [0, 0.05) is 11.1 Å². The average molecular weight is 268 g/mol.